The molecule has 1 rings (SSSR count). The van der Waals surface area contributed by atoms with Gasteiger partial charge in [-0.15, -0.1) is 0 Å². The minimum atomic E-state index is 0.658. The molecule has 2 heteroatoms. The molecule has 0 aromatic rings. The largest absolute Gasteiger partial charge is 0.310 e. The monoisotopic (exact) mass is 241 g/mol. The first-order chi connectivity index (χ1) is 7.88. The van der Waals surface area contributed by atoms with Crippen LogP contribution in [-0.2, 0) is 0 Å². The minimum Gasteiger partial charge on any atom is -0.310 e. The number of hydrogen-bond acceptors (Lipinski definition) is 2. The first kappa shape index (κ1) is 14.1. The van der Waals surface area contributed by atoms with Gasteiger partial charge in [0.1, 0.15) is 0 Å². The third-order valence-electron chi connectivity index (χ3n) is 3.28. The molecular weight excluding hydrogens is 214 g/mol. The molecule has 0 aliphatic heterocycles. The molecule has 16 heavy (non-hydrogen) atoms. The van der Waals surface area contributed by atoms with Crippen molar-refractivity contribution in [3.05, 3.63) is 11.6 Å². The second kappa shape index (κ2) is 9.12. The summed E-state index contributed by atoms with van der Waals surface area (Å²) >= 11 is 1.97. The van der Waals surface area contributed by atoms with Crippen molar-refractivity contribution in [2.45, 2.75) is 57.9 Å². The normalized spacial score (nSPS) is 19.0. The summed E-state index contributed by atoms with van der Waals surface area (Å²) in [6, 6.07) is 0.658. The van der Waals surface area contributed by atoms with Gasteiger partial charge in [-0.25, -0.2) is 0 Å². The molecule has 0 fully saturated rings. The SMILES string of the molecule is CCCNC(CCSC)C1=CCCCCC1. The van der Waals surface area contributed by atoms with Gasteiger partial charge in [-0.3, -0.25) is 0 Å². The maximum Gasteiger partial charge on any atom is 0.0287 e. The fraction of sp³-hybridized carbons (Fsp3) is 0.857. The van der Waals surface area contributed by atoms with E-state index in [2.05, 4.69) is 24.6 Å². The lowest BCUT2D eigenvalue weighted by molar-refractivity contribution is 0.536. The van der Waals surface area contributed by atoms with E-state index in [1.165, 1.54) is 50.7 Å². The third-order valence-corrected chi connectivity index (χ3v) is 3.92. The molecule has 1 atom stereocenters. The van der Waals surface area contributed by atoms with E-state index in [1.54, 1.807) is 5.57 Å². The van der Waals surface area contributed by atoms with Crippen molar-refractivity contribution in [2.75, 3.05) is 18.6 Å². The maximum atomic E-state index is 3.72. The first-order valence-electron chi connectivity index (χ1n) is 6.79. The van der Waals surface area contributed by atoms with Crippen molar-refractivity contribution in [2.24, 2.45) is 0 Å². The fourth-order valence-electron chi connectivity index (χ4n) is 2.33. The van der Waals surface area contributed by atoms with Gasteiger partial charge in [0.15, 0.2) is 0 Å². The summed E-state index contributed by atoms with van der Waals surface area (Å²) in [5, 5.41) is 3.72. The Morgan fingerprint density at radius 2 is 2.25 bits per heavy atom. The van der Waals surface area contributed by atoms with E-state index in [0.717, 1.165) is 6.54 Å². The Bertz CT molecular complexity index is 193. The predicted molar refractivity (Wildman–Crippen MR) is 76.2 cm³/mol. The van der Waals surface area contributed by atoms with Gasteiger partial charge in [0.25, 0.3) is 0 Å². The van der Waals surface area contributed by atoms with Crippen LogP contribution in [0.4, 0.5) is 0 Å². The highest BCUT2D eigenvalue weighted by Crippen LogP contribution is 2.22. The summed E-state index contributed by atoms with van der Waals surface area (Å²) < 4.78 is 0. The quantitative estimate of drug-likeness (QED) is 0.676. The highest BCUT2D eigenvalue weighted by Gasteiger charge is 2.14. The van der Waals surface area contributed by atoms with Crippen LogP contribution in [0.3, 0.4) is 0 Å². The maximum absolute atomic E-state index is 3.72. The number of hydrogen-bond donors (Lipinski definition) is 1. The van der Waals surface area contributed by atoms with E-state index in [4.69, 9.17) is 0 Å². The van der Waals surface area contributed by atoms with Gasteiger partial charge in [0, 0.05) is 6.04 Å². The summed E-state index contributed by atoms with van der Waals surface area (Å²) in [5.74, 6) is 1.28. The molecule has 0 saturated heterocycles. The second-order valence-corrected chi connectivity index (χ2v) is 5.65. The standard InChI is InChI=1S/C14H27NS/c1-3-11-15-14(10-12-16-2)13-8-6-4-5-7-9-13/h8,14-15H,3-7,9-12H2,1-2H3. The number of thioether (sulfide) groups is 1. The average Bonchev–Trinajstić information content (AvgIpc) is 2.58. The zero-order valence-corrected chi connectivity index (χ0v) is 11.7. The molecular formula is C14H27NS. The zero-order valence-electron chi connectivity index (χ0n) is 10.9. The van der Waals surface area contributed by atoms with E-state index in [0.29, 0.717) is 6.04 Å². The van der Waals surface area contributed by atoms with E-state index < -0.39 is 0 Å². The Morgan fingerprint density at radius 1 is 1.38 bits per heavy atom. The van der Waals surface area contributed by atoms with Gasteiger partial charge in [-0.1, -0.05) is 25.0 Å². The average molecular weight is 241 g/mol. The molecule has 0 spiro atoms. The topological polar surface area (TPSA) is 12.0 Å². The van der Waals surface area contributed by atoms with Gasteiger partial charge in [-0.2, -0.15) is 11.8 Å². The lowest BCUT2D eigenvalue weighted by Gasteiger charge is -2.21. The molecule has 0 aromatic heterocycles. The lowest BCUT2D eigenvalue weighted by atomic mass is 10.00. The lowest BCUT2D eigenvalue weighted by Crippen LogP contribution is -2.32. The van der Waals surface area contributed by atoms with Crippen LogP contribution in [0.1, 0.15) is 51.9 Å². The van der Waals surface area contributed by atoms with Crippen LogP contribution >= 0.6 is 11.8 Å². The molecule has 0 aromatic carbocycles. The molecule has 0 bridgehead atoms. The molecule has 94 valence electrons. The van der Waals surface area contributed by atoms with Crippen LogP contribution < -0.4 is 5.32 Å². The van der Waals surface area contributed by atoms with Gasteiger partial charge in [-0.05, 0) is 57.1 Å². The molecule has 0 amide bonds. The van der Waals surface area contributed by atoms with Crippen molar-refractivity contribution in [1.29, 1.82) is 0 Å². The highest BCUT2D eigenvalue weighted by atomic mass is 32.2. The Morgan fingerprint density at radius 3 is 3.00 bits per heavy atom. The third kappa shape index (κ3) is 5.40. The van der Waals surface area contributed by atoms with Crippen LogP contribution in [0.25, 0.3) is 0 Å². The van der Waals surface area contributed by atoms with Crippen molar-refractivity contribution < 1.29 is 0 Å². The van der Waals surface area contributed by atoms with Crippen LogP contribution in [0.15, 0.2) is 11.6 Å². The number of nitrogens with one attached hydrogen (secondary N) is 1. The van der Waals surface area contributed by atoms with E-state index in [-0.39, 0.29) is 0 Å². The first-order valence-corrected chi connectivity index (χ1v) is 8.19. The van der Waals surface area contributed by atoms with Crippen molar-refractivity contribution in [3.63, 3.8) is 0 Å². The summed E-state index contributed by atoms with van der Waals surface area (Å²) in [6.07, 6.45) is 14.1. The van der Waals surface area contributed by atoms with E-state index in [9.17, 15) is 0 Å². The molecule has 1 nitrogen and oxygen atoms in total. The number of allylic oxidation sites excluding steroid dienone is 1. The molecule has 0 saturated carbocycles. The molecule has 1 aliphatic rings. The summed E-state index contributed by atoms with van der Waals surface area (Å²) in [7, 11) is 0. The van der Waals surface area contributed by atoms with Gasteiger partial charge in [0.05, 0.1) is 0 Å². The summed E-state index contributed by atoms with van der Waals surface area (Å²) in [6.45, 7) is 3.41. The molecule has 0 radical (unpaired) electrons. The van der Waals surface area contributed by atoms with Crippen LogP contribution in [0, 0.1) is 0 Å². The van der Waals surface area contributed by atoms with Crippen LogP contribution in [0.5, 0.6) is 0 Å². The Balaban J connectivity index is 2.47. The Hall–Kier alpha value is 0.0500. The summed E-state index contributed by atoms with van der Waals surface area (Å²) in [5.41, 5.74) is 1.69. The number of rotatable bonds is 7. The molecule has 1 N–H and O–H groups in total. The van der Waals surface area contributed by atoms with Gasteiger partial charge in [0.2, 0.25) is 0 Å². The fourth-order valence-corrected chi connectivity index (χ4v) is 2.80. The predicted octanol–water partition coefficient (Wildman–Crippen LogP) is 4.00. The molecule has 1 aliphatic carbocycles. The smallest absolute Gasteiger partial charge is 0.0287 e. The Labute approximate surface area is 105 Å². The molecule has 1 unspecified atom stereocenters. The van der Waals surface area contributed by atoms with E-state index >= 15 is 0 Å². The van der Waals surface area contributed by atoms with Gasteiger partial charge >= 0.3 is 0 Å². The van der Waals surface area contributed by atoms with E-state index in [1.807, 2.05) is 11.8 Å². The summed E-state index contributed by atoms with van der Waals surface area (Å²) in [4.78, 5) is 0. The van der Waals surface area contributed by atoms with Crippen LogP contribution in [0.2, 0.25) is 0 Å². The Kier molecular flexibility index (Phi) is 8.04. The van der Waals surface area contributed by atoms with Crippen molar-refractivity contribution in [1.82, 2.24) is 5.32 Å². The second-order valence-electron chi connectivity index (χ2n) is 4.67. The molecule has 0 heterocycles. The minimum absolute atomic E-state index is 0.658. The van der Waals surface area contributed by atoms with Gasteiger partial charge < -0.3 is 5.32 Å². The van der Waals surface area contributed by atoms with Crippen LogP contribution in [-0.4, -0.2) is 24.6 Å². The van der Waals surface area contributed by atoms with Crippen molar-refractivity contribution in [3.8, 4) is 0 Å². The van der Waals surface area contributed by atoms with Crippen molar-refractivity contribution >= 4 is 11.8 Å². The highest BCUT2D eigenvalue weighted by molar-refractivity contribution is 7.98. The zero-order chi connectivity index (χ0) is 11.6.